The highest BCUT2D eigenvalue weighted by Gasteiger charge is 2.16. The number of para-hydroxylation sites is 1. The summed E-state index contributed by atoms with van der Waals surface area (Å²) in [7, 11) is 0. The smallest absolute Gasteiger partial charge is 0.262 e. The molecule has 8 heteroatoms. The second-order valence-corrected chi connectivity index (χ2v) is 7.40. The highest BCUT2D eigenvalue weighted by atomic mass is 32.2. The van der Waals surface area contributed by atoms with Crippen LogP contribution in [0.5, 0.6) is 0 Å². The fourth-order valence-corrected chi connectivity index (χ4v) is 4.07. The zero-order chi connectivity index (χ0) is 20.9. The summed E-state index contributed by atoms with van der Waals surface area (Å²) >= 11 is 1.42. The molecule has 0 saturated heterocycles. The van der Waals surface area contributed by atoms with Gasteiger partial charge < -0.3 is 0 Å². The van der Waals surface area contributed by atoms with E-state index in [0.717, 1.165) is 11.4 Å². The maximum atomic E-state index is 12.8. The molecule has 0 fully saturated rings. The highest BCUT2D eigenvalue weighted by Crippen LogP contribution is 2.26. The molecule has 0 spiro atoms. The van der Waals surface area contributed by atoms with Gasteiger partial charge in [0.1, 0.15) is 12.4 Å². The van der Waals surface area contributed by atoms with Crippen molar-refractivity contribution in [3.8, 4) is 17.5 Å². The zero-order valence-electron chi connectivity index (χ0n) is 16.1. The van der Waals surface area contributed by atoms with Crippen molar-refractivity contribution in [3.05, 3.63) is 83.4 Å². The summed E-state index contributed by atoms with van der Waals surface area (Å²) in [6.07, 6.45) is 1.79. The van der Waals surface area contributed by atoms with Crippen LogP contribution in [-0.4, -0.2) is 24.3 Å². The Morgan fingerprint density at radius 1 is 1.07 bits per heavy atom. The van der Waals surface area contributed by atoms with E-state index in [-0.39, 0.29) is 12.1 Å². The van der Waals surface area contributed by atoms with E-state index >= 15 is 0 Å². The molecule has 0 aliphatic rings. The van der Waals surface area contributed by atoms with Gasteiger partial charge in [-0.3, -0.25) is 13.9 Å². The van der Waals surface area contributed by atoms with E-state index in [2.05, 4.69) is 27.8 Å². The van der Waals surface area contributed by atoms with Gasteiger partial charge in [0, 0.05) is 12.1 Å². The fraction of sp³-hybridized carbons (Fsp3) is 0.136. The van der Waals surface area contributed by atoms with Gasteiger partial charge in [0.2, 0.25) is 0 Å². The number of nitriles is 1. The lowest BCUT2D eigenvalue weighted by molar-refractivity contribution is 0.718. The Labute approximate surface area is 177 Å². The van der Waals surface area contributed by atoms with Gasteiger partial charge in [-0.1, -0.05) is 60.3 Å². The van der Waals surface area contributed by atoms with E-state index in [4.69, 9.17) is 0 Å². The lowest BCUT2D eigenvalue weighted by Gasteiger charge is -2.11. The summed E-state index contributed by atoms with van der Waals surface area (Å²) in [6, 6.07) is 19.0. The van der Waals surface area contributed by atoms with Gasteiger partial charge in [0.15, 0.2) is 11.0 Å². The molecule has 0 N–H and O–H groups in total. The predicted octanol–water partition coefficient (Wildman–Crippen LogP) is 3.66. The van der Waals surface area contributed by atoms with Gasteiger partial charge in [0.25, 0.3) is 5.56 Å². The first-order chi connectivity index (χ1) is 14.7. The predicted molar refractivity (Wildman–Crippen MR) is 117 cm³/mol. The third-order valence-electron chi connectivity index (χ3n) is 4.56. The summed E-state index contributed by atoms with van der Waals surface area (Å²) in [6.45, 7) is 4.33. The third kappa shape index (κ3) is 3.75. The number of thioether (sulfide) groups is 1. The normalized spacial score (nSPS) is 10.8. The summed E-state index contributed by atoms with van der Waals surface area (Å²) in [4.78, 5) is 17.4. The number of allylic oxidation sites excluding steroid dienone is 1. The molecular formula is C22H18N6OS. The Balaban J connectivity index is 1.70. The van der Waals surface area contributed by atoms with E-state index < -0.39 is 0 Å². The van der Waals surface area contributed by atoms with E-state index in [1.54, 1.807) is 24.3 Å². The van der Waals surface area contributed by atoms with Crippen LogP contribution in [0, 0.1) is 11.3 Å². The second kappa shape index (κ2) is 8.76. The monoisotopic (exact) mass is 414 g/mol. The molecule has 0 aliphatic heterocycles. The van der Waals surface area contributed by atoms with E-state index in [1.807, 2.05) is 41.0 Å². The van der Waals surface area contributed by atoms with E-state index in [9.17, 15) is 10.1 Å². The van der Waals surface area contributed by atoms with Crippen molar-refractivity contribution in [2.45, 2.75) is 24.0 Å². The first-order valence-corrected chi connectivity index (χ1v) is 10.3. The van der Waals surface area contributed by atoms with Gasteiger partial charge in [-0.2, -0.15) is 5.26 Å². The number of benzene rings is 2. The molecule has 0 amide bonds. The molecule has 4 rings (SSSR count). The summed E-state index contributed by atoms with van der Waals surface area (Å²) < 4.78 is 3.39. The number of hydrogen-bond donors (Lipinski definition) is 0. The van der Waals surface area contributed by atoms with Crippen molar-refractivity contribution in [2.75, 3.05) is 0 Å². The summed E-state index contributed by atoms with van der Waals surface area (Å²) in [5, 5.41) is 19.1. The van der Waals surface area contributed by atoms with Crippen LogP contribution in [-0.2, 0) is 18.8 Å². The van der Waals surface area contributed by atoms with Crippen molar-refractivity contribution in [1.82, 2.24) is 24.3 Å². The Morgan fingerprint density at radius 3 is 2.60 bits per heavy atom. The van der Waals surface area contributed by atoms with Crippen molar-refractivity contribution in [2.24, 2.45) is 0 Å². The number of aromatic nitrogens is 5. The molecule has 2 aromatic carbocycles. The van der Waals surface area contributed by atoms with Crippen molar-refractivity contribution < 1.29 is 0 Å². The van der Waals surface area contributed by atoms with Gasteiger partial charge in [-0.25, -0.2) is 4.98 Å². The number of rotatable bonds is 7. The largest absolute Gasteiger partial charge is 0.298 e. The molecule has 0 bridgehead atoms. The highest BCUT2D eigenvalue weighted by molar-refractivity contribution is 7.98. The molecular weight excluding hydrogens is 396 g/mol. The average molecular weight is 414 g/mol. The zero-order valence-corrected chi connectivity index (χ0v) is 16.9. The molecule has 0 saturated carbocycles. The Kier molecular flexibility index (Phi) is 5.72. The summed E-state index contributed by atoms with van der Waals surface area (Å²) in [5.41, 5.74) is 1.36. The fourth-order valence-electron chi connectivity index (χ4n) is 3.18. The van der Waals surface area contributed by atoms with Gasteiger partial charge >= 0.3 is 0 Å². The third-order valence-corrected chi connectivity index (χ3v) is 5.52. The molecule has 2 aromatic heterocycles. The Hall–Kier alpha value is -3.70. The first-order valence-electron chi connectivity index (χ1n) is 9.30. The summed E-state index contributed by atoms with van der Waals surface area (Å²) in [5.74, 6) is 1.66. The first kappa shape index (κ1) is 19.6. The lowest BCUT2D eigenvalue weighted by atomic mass is 10.2. The molecule has 30 heavy (non-hydrogen) atoms. The molecule has 0 unspecified atom stereocenters. The minimum Gasteiger partial charge on any atom is -0.298 e. The number of fused-ring (bicyclic) bond motifs is 1. The Bertz CT molecular complexity index is 1300. The topological polar surface area (TPSA) is 89.4 Å². The molecule has 2 heterocycles. The molecule has 0 radical (unpaired) electrons. The van der Waals surface area contributed by atoms with Crippen LogP contribution < -0.4 is 5.56 Å². The molecule has 0 aliphatic carbocycles. The van der Waals surface area contributed by atoms with Crippen LogP contribution in [0.4, 0.5) is 0 Å². The van der Waals surface area contributed by atoms with Gasteiger partial charge in [0.05, 0.1) is 22.7 Å². The van der Waals surface area contributed by atoms with Gasteiger partial charge in [-0.15, -0.1) is 16.8 Å². The number of nitrogens with zero attached hydrogens (tertiary/aromatic N) is 6. The van der Waals surface area contributed by atoms with Crippen LogP contribution in [0.15, 0.2) is 77.2 Å². The molecule has 4 aromatic rings. The Morgan fingerprint density at radius 2 is 1.83 bits per heavy atom. The van der Waals surface area contributed by atoms with Crippen molar-refractivity contribution >= 4 is 22.7 Å². The SMILES string of the molecule is C=CCn1c(SCc2nc3ccccc3c(=O)n2CC#N)nnc1-c1ccccc1. The quantitative estimate of drug-likeness (QED) is 0.339. The van der Waals surface area contributed by atoms with Crippen LogP contribution in [0.1, 0.15) is 5.82 Å². The van der Waals surface area contributed by atoms with Crippen LogP contribution in [0.3, 0.4) is 0 Å². The van der Waals surface area contributed by atoms with E-state index in [0.29, 0.717) is 34.2 Å². The number of hydrogen-bond acceptors (Lipinski definition) is 6. The lowest BCUT2D eigenvalue weighted by Crippen LogP contribution is -2.24. The average Bonchev–Trinajstić information content (AvgIpc) is 3.18. The van der Waals surface area contributed by atoms with Crippen LogP contribution in [0.25, 0.3) is 22.3 Å². The molecule has 148 valence electrons. The van der Waals surface area contributed by atoms with Crippen LogP contribution >= 0.6 is 11.8 Å². The minimum atomic E-state index is -0.213. The van der Waals surface area contributed by atoms with Crippen LogP contribution in [0.2, 0.25) is 0 Å². The molecule has 0 atom stereocenters. The minimum absolute atomic E-state index is 0.0544. The van der Waals surface area contributed by atoms with Crippen molar-refractivity contribution in [3.63, 3.8) is 0 Å². The van der Waals surface area contributed by atoms with Gasteiger partial charge in [-0.05, 0) is 12.1 Å². The maximum Gasteiger partial charge on any atom is 0.262 e. The standard InChI is InChI=1S/C22H18N6OS/c1-2-13-28-20(16-8-4-3-5-9-16)25-26-22(28)30-15-19-24-18-11-7-6-10-17(18)21(29)27(19)14-12-23/h2-11H,1,13-15H2. The molecule has 7 nitrogen and oxygen atoms in total. The van der Waals surface area contributed by atoms with Crippen molar-refractivity contribution in [1.29, 1.82) is 5.26 Å². The van der Waals surface area contributed by atoms with E-state index in [1.165, 1.54) is 16.3 Å². The maximum absolute atomic E-state index is 12.8. The second-order valence-electron chi connectivity index (χ2n) is 6.45.